The molecule has 0 amide bonds. The van der Waals surface area contributed by atoms with Gasteiger partial charge >= 0.3 is 20.0 Å². The van der Waals surface area contributed by atoms with Gasteiger partial charge in [0, 0.05) is 26.9 Å². The quantitative estimate of drug-likeness (QED) is 0.408. The van der Waals surface area contributed by atoms with Crippen LogP contribution in [0.15, 0.2) is 0 Å². The van der Waals surface area contributed by atoms with Gasteiger partial charge in [-0.25, -0.2) is 0 Å². The van der Waals surface area contributed by atoms with Crippen LogP contribution in [-0.4, -0.2) is 43.6 Å². The summed E-state index contributed by atoms with van der Waals surface area (Å²) in [5.41, 5.74) is -0.971. The highest BCUT2D eigenvalue weighted by Gasteiger charge is 2.58. The van der Waals surface area contributed by atoms with Gasteiger partial charge < -0.3 is 23.4 Å². The van der Waals surface area contributed by atoms with E-state index in [9.17, 15) is 4.79 Å². The Morgan fingerprint density at radius 2 is 1.68 bits per heavy atom. The van der Waals surface area contributed by atoms with E-state index >= 15 is 0 Å². The molecule has 0 aromatic carbocycles. The maximum Gasteiger partial charge on any atom is 0.490 e. The molecular formula is C14H28B2O6. The summed E-state index contributed by atoms with van der Waals surface area (Å²) >= 11 is 0. The minimum atomic E-state index is -1.09. The van der Waals surface area contributed by atoms with E-state index in [1.54, 1.807) is 6.92 Å². The van der Waals surface area contributed by atoms with Crippen LogP contribution in [0.5, 0.6) is 0 Å². The van der Waals surface area contributed by atoms with Gasteiger partial charge in [0.25, 0.3) is 0 Å². The van der Waals surface area contributed by atoms with Crippen molar-refractivity contribution in [2.75, 3.05) is 6.61 Å². The van der Waals surface area contributed by atoms with E-state index in [0.29, 0.717) is 13.0 Å². The van der Waals surface area contributed by atoms with Crippen LogP contribution in [0.3, 0.4) is 0 Å². The molecule has 1 rings (SSSR count). The van der Waals surface area contributed by atoms with E-state index in [-0.39, 0.29) is 0 Å². The Morgan fingerprint density at radius 1 is 1.18 bits per heavy atom. The van der Waals surface area contributed by atoms with Crippen molar-refractivity contribution in [2.45, 2.75) is 78.8 Å². The van der Waals surface area contributed by atoms with Crippen molar-refractivity contribution in [2.24, 2.45) is 0 Å². The maximum atomic E-state index is 11.3. The van der Waals surface area contributed by atoms with Gasteiger partial charge in [-0.2, -0.15) is 0 Å². The molecule has 1 heterocycles. The van der Waals surface area contributed by atoms with Gasteiger partial charge in [0.15, 0.2) is 5.79 Å². The standard InChI is InChI=1S/C14H28B2O6/c1-9-14(8,19-11(3)17)22-15(18-10-2)16-20-12(4,5)13(6,7)21-16/h9-10H2,1-8H3. The van der Waals surface area contributed by atoms with E-state index < -0.39 is 37.0 Å². The molecule has 1 aliphatic heterocycles. The minimum absolute atomic E-state index is 0.409. The van der Waals surface area contributed by atoms with Crippen molar-refractivity contribution in [3.63, 3.8) is 0 Å². The molecule has 0 aromatic heterocycles. The molecule has 0 aromatic rings. The van der Waals surface area contributed by atoms with Crippen molar-refractivity contribution in [1.29, 1.82) is 0 Å². The highest BCUT2D eigenvalue weighted by molar-refractivity contribution is 7.11. The zero-order chi connectivity index (χ0) is 17.2. The summed E-state index contributed by atoms with van der Waals surface area (Å²) in [5, 5.41) is 0. The Labute approximate surface area is 134 Å². The summed E-state index contributed by atoms with van der Waals surface area (Å²) in [7, 11) is -1.47. The van der Waals surface area contributed by atoms with Gasteiger partial charge in [-0.15, -0.1) is 0 Å². The molecule has 0 radical (unpaired) electrons. The number of hydrogen-bond acceptors (Lipinski definition) is 6. The van der Waals surface area contributed by atoms with Gasteiger partial charge in [0.2, 0.25) is 0 Å². The zero-order valence-electron chi connectivity index (χ0n) is 15.0. The minimum Gasteiger partial charge on any atom is -0.435 e. The molecule has 1 saturated heterocycles. The van der Waals surface area contributed by atoms with Gasteiger partial charge in [0.05, 0.1) is 11.2 Å². The molecule has 0 saturated carbocycles. The summed E-state index contributed by atoms with van der Waals surface area (Å²) in [6.45, 7) is 15.0. The number of rotatable bonds is 7. The first-order valence-corrected chi connectivity index (χ1v) is 7.81. The topological polar surface area (TPSA) is 63.2 Å². The van der Waals surface area contributed by atoms with Crippen LogP contribution in [0.1, 0.15) is 61.8 Å². The summed E-state index contributed by atoms with van der Waals surface area (Å²) < 4.78 is 28.7. The molecule has 1 unspecified atom stereocenters. The van der Waals surface area contributed by atoms with Crippen LogP contribution in [0.2, 0.25) is 0 Å². The van der Waals surface area contributed by atoms with Crippen molar-refractivity contribution in [1.82, 2.24) is 0 Å². The van der Waals surface area contributed by atoms with Crippen LogP contribution in [0, 0.1) is 0 Å². The molecule has 1 fully saturated rings. The smallest absolute Gasteiger partial charge is 0.435 e. The SMILES string of the molecule is CCOB(OC(C)(CC)OC(C)=O)B1OC(C)(C)C(C)(C)O1. The second-order valence-corrected chi connectivity index (χ2v) is 6.65. The monoisotopic (exact) mass is 314 g/mol. The second kappa shape index (κ2) is 6.91. The van der Waals surface area contributed by atoms with E-state index in [1.807, 2.05) is 41.5 Å². The zero-order valence-corrected chi connectivity index (χ0v) is 15.0. The highest BCUT2D eigenvalue weighted by Crippen LogP contribution is 2.38. The molecule has 0 bridgehead atoms. The van der Waals surface area contributed by atoms with E-state index in [0.717, 1.165) is 0 Å². The van der Waals surface area contributed by atoms with Gasteiger partial charge in [-0.3, -0.25) is 4.79 Å². The molecule has 1 aliphatic rings. The number of ether oxygens (including phenoxy) is 1. The van der Waals surface area contributed by atoms with Crippen molar-refractivity contribution in [3.8, 4) is 0 Å². The molecule has 0 aliphatic carbocycles. The Morgan fingerprint density at radius 3 is 2.05 bits per heavy atom. The Bertz CT molecular complexity index is 385. The third kappa shape index (κ3) is 4.47. The number of hydrogen-bond donors (Lipinski definition) is 0. The van der Waals surface area contributed by atoms with Crippen LogP contribution in [0.25, 0.3) is 0 Å². The van der Waals surface area contributed by atoms with Crippen molar-refractivity contribution < 1.29 is 28.1 Å². The predicted octanol–water partition coefficient (Wildman–Crippen LogP) is 2.39. The van der Waals surface area contributed by atoms with Gasteiger partial charge in [0.1, 0.15) is 0 Å². The first kappa shape index (κ1) is 19.5. The third-order valence-electron chi connectivity index (χ3n) is 4.19. The fraction of sp³-hybridized carbons (Fsp3) is 0.929. The van der Waals surface area contributed by atoms with Crippen LogP contribution < -0.4 is 0 Å². The average Bonchev–Trinajstić information content (AvgIpc) is 2.57. The number of esters is 1. The molecule has 126 valence electrons. The normalized spacial score (nSPS) is 22.3. The lowest BCUT2D eigenvalue weighted by Gasteiger charge is -2.32. The van der Waals surface area contributed by atoms with E-state index in [1.165, 1.54) is 6.92 Å². The average molecular weight is 314 g/mol. The molecule has 0 spiro atoms. The van der Waals surface area contributed by atoms with Crippen molar-refractivity contribution in [3.05, 3.63) is 0 Å². The summed E-state index contributed by atoms with van der Waals surface area (Å²) in [6.07, 6.45) is 0.482. The lowest BCUT2D eigenvalue weighted by molar-refractivity contribution is -0.194. The Balaban J connectivity index is 2.88. The fourth-order valence-electron chi connectivity index (χ4n) is 2.06. The molecule has 0 N–H and O–H groups in total. The van der Waals surface area contributed by atoms with Crippen LogP contribution >= 0.6 is 0 Å². The molecule has 6 nitrogen and oxygen atoms in total. The summed E-state index contributed by atoms with van der Waals surface area (Å²) in [5.74, 6) is -1.50. The molecule has 22 heavy (non-hydrogen) atoms. The Hall–Kier alpha value is -0.560. The van der Waals surface area contributed by atoms with E-state index in [2.05, 4.69) is 0 Å². The predicted molar refractivity (Wildman–Crippen MR) is 85.0 cm³/mol. The summed E-state index contributed by atoms with van der Waals surface area (Å²) in [6, 6.07) is 0. The van der Waals surface area contributed by atoms with Crippen molar-refractivity contribution >= 4 is 20.0 Å². The fourth-order valence-corrected chi connectivity index (χ4v) is 2.06. The largest absolute Gasteiger partial charge is 0.490 e. The third-order valence-corrected chi connectivity index (χ3v) is 4.19. The lowest BCUT2D eigenvalue weighted by atomic mass is 9.48. The number of carbonyl (C=O) groups excluding carboxylic acids is 1. The van der Waals surface area contributed by atoms with Gasteiger partial charge in [-0.05, 0) is 34.6 Å². The second-order valence-electron chi connectivity index (χ2n) is 6.65. The first-order chi connectivity index (χ1) is 9.96. The highest BCUT2D eigenvalue weighted by atomic mass is 16.8. The molecular weight excluding hydrogens is 286 g/mol. The maximum absolute atomic E-state index is 11.3. The van der Waals surface area contributed by atoms with Crippen LogP contribution in [-0.2, 0) is 28.1 Å². The molecule has 1 atom stereocenters. The van der Waals surface area contributed by atoms with E-state index in [4.69, 9.17) is 23.4 Å². The molecule has 8 heteroatoms. The Kier molecular flexibility index (Phi) is 6.12. The number of carbonyl (C=O) groups is 1. The summed E-state index contributed by atoms with van der Waals surface area (Å²) in [4.78, 5) is 11.3. The first-order valence-electron chi connectivity index (χ1n) is 7.81. The lowest BCUT2D eigenvalue weighted by Crippen LogP contribution is -2.50. The van der Waals surface area contributed by atoms with Gasteiger partial charge in [-0.1, -0.05) is 6.92 Å². The van der Waals surface area contributed by atoms with Crippen LogP contribution in [0.4, 0.5) is 0 Å².